The summed E-state index contributed by atoms with van der Waals surface area (Å²) in [5.41, 5.74) is 3.34. The van der Waals surface area contributed by atoms with Gasteiger partial charge in [0, 0.05) is 15.6 Å². The molecule has 1 N–H and O–H groups in total. The fraction of sp³-hybridized carbons (Fsp3) is 0.316. The van der Waals surface area contributed by atoms with Crippen molar-refractivity contribution in [3.05, 3.63) is 58.6 Å². The summed E-state index contributed by atoms with van der Waals surface area (Å²) in [6.07, 6.45) is 1.81. The van der Waals surface area contributed by atoms with Crippen LogP contribution in [0, 0.1) is 0 Å². The maximum absolute atomic E-state index is 12.6. The van der Waals surface area contributed by atoms with E-state index in [0.717, 1.165) is 23.4 Å². The molecule has 2 aromatic carbocycles. The molecule has 0 aliphatic rings. The molecular weight excluding hydrogens is 326 g/mol. The highest BCUT2D eigenvalue weighted by atomic mass is 35.5. The number of aryl methyl sites for hydroxylation is 2. The summed E-state index contributed by atoms with van der Waals surface area (Å²) in [6, 6.07) is 13.8. The number of carbonyl (C=O) groups is 1. The molecule has 23 heavy (non-hydrogen) atoms. The van der Waals surface area contributed by atoms with Crippen LogP contribution < -0.4 is 5.32 Å². The van der Waals surface area contributed by atoms with Crippen molar-refractivity contribution in [2.45, 2.75) is 43.8 Å². The third-order valence-electron chi connectivity index (χ3n) is 3.74. The molecule has 2 nitrogen and oxygen atoms in total. The largest absolute Gasteiger partial charge is 0.325 e. The first-order chi connectivity index (χ1) is 11.0. The number of carbonyl (C=O) groups excluding carboxylic acids is 1. The molecule has 0 heterocycles. The van der Waals surface area contributed by atoms with Crippen molar-refractivity contribution in [2.75, 3.05) is 5.32 Å². The summed E-state index contributed by atoms with van der Waals surface area (Å²) in [7, 11) is 0. The van der Waals surface area contributed by atoms with Crippen molar-refractivity contribution in [1.29, 1.82) is 0 Å². The second-order valence-corrected chi connectivity index (χ2v) is 7.21. The van der Waals surface area contributed by atoms with Crippen LogP contribution in [-0.2, 0) is 17.6 Å². The maximum atomic E-state index is 12.6. The zero-order chi connectivity index (χ0) is 16.8. The van der Waals surface area contributed by atoms with Gasteiger partial charge in [0.05, 0.1) is 5.25 Å². The van der Waals surface area contributed by atoms with Crippen molar-refractivity contribution >= 4 is 35.0 Å². The number of anilines is 1. The quantitative estimate of drug-likeness (QED) is 0.690. The minimum Gasteiger partial charge on any atom is -0.325 e. The summed E-state index contributed by atoms with van der Waals surface area (Å²) in [5.74, 6) is 0.0283. The van der Waals surface area contributed by atoms with E-state index in [2.05, 4.69) is 37.4 Å². The average Bonchev–Trinajstić information content (AvgIpc) is 2.56. The predicted molar refractivity (Wildman–Crippen MR) is 101 cm³/mol. The molecule has 0 saturated heterocycles. The first-order valence-corrected chi connectivity index (χ1v) is 9.14. The smallest absolute Gasteiger partial charge is 0.237 e. The lowest BCUT2D eigenvalue weighted by atomic mass is 10.0. The van der Waals surface area contributed by atoms with Gasteiger partial charge in [0.25, 0.3) is 0 Å². The van der Waals surface area contributed by atoms with E-state index < -0.39 is 0 Å². The Morgan fingerprint density at radius 3 is 2.17 bits per heavy atom. The normalized spacial score (nSPS) is 12.0. The van der Waals surface area contributed by atoms with Crippen LogP contribution in [0.1, 0.15) is 31.9 Å². The zero-order valence-electron chi connectivity index (χ0n) is 13.7. The second-order valence-electron chi connectivity index (χ2n) is 5.36. The van der Waals surface area contributed by atoms with Crippen molar-refractivity contribution in [3.8, 4) is 0 Å². The van der Waals surface area contributed by atoms with Crippen molar-refractivity contribution in [1.82, 2.24) is 0 Å². The van der Waals surface area contributed by atoms with E-state index in [1.54, 1.807) is 0 Å². The van der Waals surface area contributed by atoms with Crippen LogP contribution in [0.25, 0.3) is 0 Å². The SMILES string of the molecule is CCc1cccc(CC)c1NC(=O)[C@H](C)Sc1ccc(Cl)cc1. The van der Waals surface area contributed by atoms with Crippen LogP contribution in [-0.4, -0.2) is 11.2 Å². The van der Waals surface area contributed by atoms with Crippen LogP contribution in [0.4, 0.5) is 5.69 Å². The molecule has 2 aromatic rings. The lowest BCUT2D eigenvalue weighted by Gasteiger charge is -2.17. The van der Waals surface area contributed by atoms with Crippen LogP contribution in [0.15, 0.2) is 47.4 Å². The molecule has 0 spiro atoms. The zero-order valence-corrected chi connectivity index (χ0v) is 15.3. The summed E-state index contributed by atoms with van der Waals surface area (Å²) >= 11 is 7.43. The number of hydrogen-bond acceptors (Lipinski definition) is 2. The van der Waals surface area contributed by atoms with Gasteiger partial charge in [-0.05, 0) is 55.2 Å². The van der Waals surface area contributed by atoms with Crippen molar-refractivity contribution < 1.29 is 4.79 Å². The number of nitrogens with one attached hydrogen (secondary N) is 1. The first-order valence-electron chi connectivity index (χ1n) is 7.89. The molecule has 0 radical (unpaired) electrons. The molecule has 0 bridgehead atoms. The number of benzene rings is 2. The topological polar surface area (TPSA) is 29.1 Å². The van der Waals surface area contributed by atoms with Crippen LogP contribution in [0.3, 0.4) is 0 Å². The lowest BCUT2D eigenvalue weighted by Crippen LogP contribution is -2.23. The van der Waals surface area contributed by atoms with E-state index in [0.29, 0.717) is 5.02 Å². The minimum absolute atomic E-state index is 0.0283. The fourth-order valence-corrected chi connectivity index (χ4v) is 3.39. The van der Waals surface area contributed by atoms with Gasteiger partial charge in [0.1, 0.15) is 0 Å². The van der Waals surface area contributed by atoms with E-state index in [1.165, 1.54) is 22.9 Å². The van der Waals surface area contributed by atoms with Crippen molar-refractivity contribution in [3.63, 3.8) is 0 Å². The van der Waals surface area contributed by atoms with Gasteiger partial charge in [-0.1, -0.05) is 43.6 Å². The predicted octanol–water partition coefficient (Wildman–Crippen LogP) is 5.58. The Bertz CT molecular complexity index is 647. The third kappa shape index (κ3) is 4.76. The molecule has 2 rings (SSSR count). The number of halogens is 1. The molecule has 1 amide bonds. The van der Waals surface area contributed by atoms with Gasteiger partial charge >= 0.3 is 0 Å². The van der Waals surface area contributed by atoms with Gasteiger partial charge in [0.2, 0.25) is 5.91 Å². The lowest BCUT2D eigenvalue weighted by molar-refractivity contribution is -0.115. The van der Waals surface area contributed by atoms with Gasteiger partial charge in [-0.2, -0.15) is 0 Å². The monoisotopic (exact) mass is 347 g/mol. The van der Waals surface area contributed by atoms with Crippen molar-refractivity contribution in [2.24, 2.45) is 0 Å². The van der Waals surface area contributed by atoms with E-state index in [-0.39, 0.29) is 11.2 Å². The van der Waals surface area contributed by atoms with E-state index in [4.69, 9.17) is 11.6 Å². The summed E-state index contributed by atoms with van der Waals surface area (Å²) in [4.78, 5) is 13.6. The Kier molecular flexibility index (Phi) is 6.55. The van der Waals surface area contributed by atoms with E-state index in [1.807, 2.05) is 31.2 Å². The molecule has 1 atom stereocenters. The molecule has 0 fully saturated rings. The molecule has 122 valence electrons. The van der Waals surface area contributed by atoms with Gasteiger partial charge in [-0.3, -0.25) is 4.79 Å². The Labute approximate surface area is 147 Å². The van der Waals surface area contributed by atoms with E-state index >= 15 is 0 Å². The summed E-state index contributed by atoms with van der Waals surface area (Å²) in [5, 5.41) is 3.66. The number of rotatable bonds is 6. The van der Waals surface area contributed by atoms with Crippen LogP contribution in [0.5, 0.6) is 0 Å². The second kappa shape index (κ2) is 8.42. The van der Waals surface area contributed by atoms with Crippen LogP contribution >= 0.6 is 23.4 Å². The molecule has 0 aliphatic carbocycles. The highest BCUT2D eigenvalue weighted by molar-refractivity contribution is 8.00. The molecule has 4 heteroatoms. The molecular formula is C19H22ClNOS. The third-order valence-corrected chi connectivity index (χ3v) is 5.11. The van der Waals surface area contributed by atoms with Gasteiger partial charge in [0.15, 0.2) is 0 Å². The fourth-order valence-electron chi connectivity index (χ4n) is 2.40. The number of thioether (sulfide) groups is 1. The number of hydrogen-bond donors (Lipinski definition) is 1. The summed E-state index contributed by atoms with van der Waals surface area (Å²) < 4.78 is 0. The van der Waals surface area contributed by atoms with Crippen LogP contribution in [0.2, 0.25) is 5.02 Å². The Hall–Kier alpha value is -1.45. The molecule has 0 unspecified atom stereocenters. The number of para-hydroxylation sites is 1. The molecule has 0 aromatic heterocycles. The highest BCUT2D eigenvalue weighted by Gasteiger charge is 2.17. The van der Waals surface area contributed by atoms with E-state index in [9.17, 15) is 4.79 Å². The average molecular weight is 348 g/mol. The Balaban J connectivity index is 2.10. The highest BCUT2D eigenvalue weighted by Crippen LogP contribution is 2.27. The standard InChI is InChI=1S/C19H22ClNOS/c1-4-14-7-6-8-15(5-2)18(14)21-19(22)13(3)23-17-11-9-16(20)10-12-17/h6-13H,4-5H2,1-3H3,(H,21,22)/t13-/m0/s1. The Morgan fingerprint density at radius 2 is 1.65 bits per heavy atom. The van der Waals surface area contributed by atoms with Gasteiger partial charge in [-0.25, -0.2) is 0 Å². The van der Waals surface area contributed by atoms with Gasteiger partial charge in [-0.15, -0.1) is 11.8 Å². The summed E-state index contributed by atoms with van der Waals surface area (Å²) in [6.45, 7) is 6.14. The number of amides is 1. The minimum atomic E-state index is -0.175. The molecule has 0 aliphatic heterocycles. The molecule has 0 saturated carbocycles. The maximum Gasteiger partial charge on any atom is 0.237 e. The Morgan fingerprint density at radius 1 is 1.09 bits per heavy atom. The first kappa shape index (κ1) is 17.9. The van der Waals surface area contributed by atoms with Gasteiger partial charge < -0.3 is 5.32 Å².